The van der Waals surface area contributed by atoms with Crippen molar-refractivity contribution in [3.05, 3.63) is 194 Å². The van der Waals surface area contributed by atoms with Crippen LogP contribution in [-0.4, -0.2) is 70.0 Å². The molecule has 0 bridgehead atoms. The maximum absolute atomic E-state index is 12.8. The van der Waals surface area contributed by atoms with Gasteiger partial charge in [-0.2, -0.15) is 0 Å². The highest BCUT2D eigenvalue weighted by atomic mass is 31.2. The summed E-state index contributed by atoms with van der Waals surface area (Å²) in [5, 5.41) is 0. The first-order valence-electron chi connectivity index (χ1n) is 33.1. The van der Waals surface area contributed by atoms with Crippen LogP contribution in [0.15, 0.2) is 194 Å². The number of likely N-dealkylation sites (N-methyl/N-ethyl adjacent to an activating group) is 1. The number of carbonyl (C=O) groups is 2. The molecule has 0 aliphatic carbocycles. The normalized spacial score (nSPS) is 14.4. The van der Waals surface area contributed by atoms with Crippen LogP contribution in [0.4, 0.5) is 0 Å². The van der Waals surface area contributed by atoms with Crippen LogP contribution in [0.1, 0.15) is 219 Å². The first-order valence-corrected chi connectivity index (χ1v) is 34.6. The Balaban J connectivity index is 4.26. The molecule has 0 aliphatic rings. The summed E-state index contributed by atoms with van der Waals surface area (Å²) in [4.78, 5) is 38.0. The minimum Gasteiger partial charge on any atom is -0.756 e. The summed E-state index contributed by atoms with van der Waals surface area (Å²) in [6, 6.07) is 0. The number of carbonyl (C=O) groups excluding carboxylic acids is 2. The first-order chi connectivity index (χ1) is 42.0. The lowest BCUT2D eigenvalue weighted by Gasteiger charge is -2.28. The number of hydrogen-bond donors (Lipinski definition) is 0. The quantitative estimate of drug-likeness (QED) is 0.0195. The highest BCUT2D eigenvalue weighted by molar-refractivity contribution is 7.45. The van der Waals surface area contributed by atoms with Gasteiger partial charge >= 0.3 is 11.9 Å². The molecule has 482 valence electrons. The van der Waals surface area contributed by atoms with E-state index in [9.17, 15) is 19.0 Å². The number of quaternary nitrogens is 1. The van der Waals surface area contributed by atoms with Crippen molar-refractivity contribution in [3.63, 3.8) is 0 Å². The Morgan fingerprint density at radius 2 is 0.628 bits per heavy atom. The molecule has 0 saturated carbocycles. The third-order valence-corrected chi connectivity index (χ3v) is 14.1. The van der Waals surface area contributed by atoms with Crippen LogP contribution in [-0.2, 0) is 32.7 Å². The molecule has 0 saturated heterocycles. The van der Waals surface area contributed by atoms with E-state index in [-0.39, 0.29) is 26.1 Å². The Bertz CT molecular complexity index is 2150. The second-order valence-electron chi connectivity index (χ2n) is 22.4. The molecule has 0 spiro atoms. The molecule has 0 aromatic heterocycles. The number of phosphoric ester groups is 1. The van der Waals surface area contributed by atoms with Gasteiger partial charge in [0, 0.05) is 12.8 Å². The van der Waals surface area contributed by atoms with Crippen LogP contribution in [0.3, 0.4) is 0 Å². The molecule has 10 heteroatoms. The molecule has 0 rings (SSSR count). The number of hydrogen-bond acceptors (Lipinski definition) is 8. The fraction of sp³-hybridized carbons (Fsp3) is 0.553. The van der Waals surface area contributed by atoms with E-state index in [2.05, 4.69) is 208 Å². The first kappa shape index (κ1) is 80.8. The van der Waals surface area contributed by atoms with Crippen molar-refractivity contribution in [2.24, 2.45) is 0 Å². The summed E-state index contributed by atoms with van der Waals surface area (Å²) < 4.78 is 34.2. The Morgan fingerprint density at radius 3 is 0.930 bits per heavy atom. The maximum atomic E-state index is 12.8. The highest BCUT2D eigenvalue weighted by Crippen LogP contribution is 2.38. The fourth-order valence-corrected chi connectivity index (χ4v) is 8.83. The van der Waals surface area contributed by atoms with E-state index in [1.165, 1.54) is 25.7 Å². The van der Waals surface area contributed by atoms with E-state index in [1.54, 1.807) is 0 Å². The van der Waals surface area contributed by atoms with Crippen LogP contribution in [0.5, 0.6) is 0 Å². The summed E-state index contributed by atoms with van der Waals surface area (Å²) in [5.74, 6) is -0.889. The molecule has 0 heterocycles. The van der Waals surface area contributed by atoms with Gasteiger partial charge in [-0.25, -0.2) is 0 Å². The summed E-state index contributed by atoms with van der Waals surface area (Å²) >= 11 is 0. The minimum atomic E-state index is -4.67. The van der Waals surface area contributed by atoms with E-state index in [0.29, 0.717) is 23.9 Å². The van der Waals surface area contributed by atoms with Crippen molar-refractivity contribution in [2.45, 2.75) is 225 Å². The molecular weight excluding hydrogens is 1090 g/mol. The van der Waals surface area contributed by atoms with Gasteiger partial charge in [0.15, 0.2) is 6.10 Å². The Kier molecular flexibility index (Phi) is 60.5. The zero-order chi connectivity index (χ0) is 62.6. The van der Waals surface area contributed by atoms with Crippen molar-refractivity contribution in [2.75, 3.05) is 47.5 Å². The number of phosphoric acid groups is 1. The molecule has 0 aromatic carbocycles. The number of esters is 2. The van der Waals surface area contributed by atoms with E-state index in [4.69, 9.17) is 18.5 Å². The molecule has 0 amide bonds. The Hall–Kier alpha value is -5.15. The van der Waals surface area contributed by atoms with Crippen molar-refractivity contribution < 1.29 is 42.1 Å². The predicted octanol–water partition coefficient (Wildman–Crippen LogP) is 21.1. The van der Waals surface area contributed by atoms with E-state index in [0.717, 1.165) is 154 Å². The van der Waals surface area contributed by atoms with Gasteiger partial charge in [-0.1, -0.05) is 260 Å². The second kappa shape index (κ2) is 64.3. The molecule has 86 heavy (non-hydrogen) atoms. The second-order valence-corrected chi connectivity index (χ2v) is 23.8. The molecule has 0 aliphatic heterocycles. The minimum absolute atomic E-state index is 0.0494. The number of allylic oxidation sites excluding steroid dienone is 32. The van der Waals surface area contributed by atoms with Gasteiger partial charge in [0.2, 0.25) is 0 Å². The Labute approximate surface area is 526 Å². The smallest absolute Gasteiger partial charge is 0.306 e. The maximum Gasteiger partial charge on any atom is 0.306 e. The number of nitrogens with zero attached hydrogens (tertiary/aromatic N) is 1. The standard InChI is InChI=1S/C76H120NO8P/c1-6-8-10-12-14-16-18-20-22-24-26-28-30-32-34-35-36-37-38-39-40-41-43-45-47-49-51-53-55-57-59-61-63-65-67-69-76(79)85-74(73-84-86(80,81)83-71-70-77(3,4)5)72-82-75(78)68-66-64-62-60-58-56-54-52-50-48-46-44-42-33-31-29-27-25-23-21-19-17-15-13-11-9-7-2/h8-11,14-17,20-23,26-29,32-34,36-37,39-40,42-43,45-46,48-49,51,55,57,74H,6-7,12-13,18-19,24-25,30-31,35,38,41,44,47,50,52-54,56,58-73H2,1-5H3/b10-8-,11-9-,16-14-,17-15-,22-20-,23-21-,28-26-,29-27-,34-32-,37-36-,40-39-,42-33-,45-43-,48-46-,51-49-,57-55-. The lowest BCUT2D eigenvalue weighted by molar-refractivity contribution is -0.870. The number of ether oxygens (including phenoxy) is 2. The lowest BCUT2D eigenvalue weighted by atomic mass is 10.1. The molecule has 2 atom stereocenters. The van der Waals surface area contributed by atoms with Crippen LogP contribution < -0.4 is 4.89 Å². The molecule has 0 N–H and O–H groups in total. The molecule has 0 radical (unpaired) electrons. The average Bonchev–Trinajstić information content (AvgIpc) is 3.56. The van der Waals surface area contributed by atoms with Crippen molar-refractivity contribution >= 4 is 19.8 Å². The van der Waals surface area contributed by atoms with E-state index in [1.807, 2.05) is 21.1 Å². The van der Waals surface area contributed by atoms with Gasteiger partial charge in [0.25, 0.3) is 7.82 Å². The molecular formula is C76H120NO8P. The SMILES string of the molecule is CC/C=C\C/C=C\C/C=C\C/C=C\C/C=C\C/C=C\C/C=C\C/C=C\C/C=C\C/C=C\CCCCCCC(=O)OC(COC(=O)CCCCCCCCCC/C=C\C/C=C\C/C=C\C/C=C\C/C=C\C/C=C\CC)COP(=O)([O-])OCC[N+](C)(C)C. The largest absolute Gasteiger partial charge is 0.756 e. The molecule has 0 aromatic rings. The number of rotatable bonds is 58. The van der Waals surface area contributed by atoms with E-state index >= 15 is 0 Å². The van der Waals surface area contributed by atoms with Gasteiger partial charge < -0.3 is 27.9 Å². The Morgan fingerprint density at radius 1 is 0.360 bits per heavy atom. The van der Waals surface area contributed by atoms with Crippen molar-refractivity contribution in [1.82, 2.24) is 0 Å². The predicted molar refractivity (Wildman–Crippen MR) is 369 cm³/mol. The highest BCUT2D eigenvalue weighted by Gasteiger charge is 2.22. The van der Waals surface area contributed by atoms with Crippen LogP contribution in [0, 0.1) is 0 Å². The third kappa shape index (κ3) is 68.0. The van der Waals surface area contributed by atoms with E-state index < -0.39 is 32.5 Å². The zero-order valence-corrected chi connectivity index (χ0v) is 55.6. The topological polar surface area (TPSA) is 111 Å². The monoisotopic (exact) mass is 1210 g/mol. The lowest BCUT2D eigenvalue weighted by Crippen LogP contribution is -2.37. The van der Waals surface area contributed by atoms with Crippen molar-refractivity contribution in [3.8, 4) is 0 Å². The summed E-state index contributed by atoms with van der Waals surface area (Å²) in [5.41, 5.74) is 0. The third-order valence-electron chi connectivity index (χ3n) is 13.1. The summed E-state index contributed by atoms with van der Waals surface area (Å²) in [6.07, 6.45) is 101. The molecule has 9 nitrogen and oxygen atoms in total. The average molecular weight is 1210 g/mol. The van der Waals surface area contributed by atoms with Gasteiger partial charge in [-0.05, 0) is 141 Å². The molecule has 2 unspecified atom stereocenters. The summed E-state index contributed by atoms with van der Waals surface area (Å²) in [7, 11) is 1.11. The van der Waals surface area contributed by atoms with Gasteiger partial charge in [-0.3, -0.25) is 14.2 Å². The fourth-order valence-electron chi connectivity index (χ4n) is 8.10. The van der Waals surface area contributed by atoms with Gasteiger partial charge in [-0.15, -0.1) is 0 Å². The van der Waals surface area contributed by atoms with Crippen LogP contribution in [0.2, 0.25) is 0 Å². The zero-order valence-electron chi connectivity index (χ0n) is 54.7. The number of unbranched alkanes of at least 4 members (excludes halogenated alkanes) is 12. The van der Waals surface area contributed by atoms with Crippen LogP contribution in [0.25, 0.3) is 0 Å². The van der Waals surface area contributed by atoms with Crippen molar-refractivity contribution in [1.29, 1.82) is 0 Å². The van der Waals surface area contributed by atoms with Crippen LogP contribution >= 0.6 is 7.82 Å². The summed E-state index contributed by atoms with van der Waals surface area (Å²) in [6.45, 7) is 3.94. The van der Waals surface area contributed by atoms with Gasteiger partial charge in [0.1, 0.15) is 19.8 Å². The van der Waals surface area contributed by atoms with Gasteiger partial charge in [0.05, 0.1) is 27.7 Å². The molecule has 0 fully saturated rings.